The highest BCUT2D eigenvalue weighted by Gasteiger charge is 2.29. The van der Waals surface area contributed by atoms with E-state index in [4.69, 9.17) is 15.9 Å². The van der Waals surface area contributed by atoms with E-state index in [-0.39, 0.29) is 18.1 Å². The van der Waals surface area contributed by atoms with E-state index in [9.17, 15) is 19.2 Å². The monoisotopic (exact) mass is 349 g/mol. The number of carbonyl (C=O) groups is 4. The molecule has 9 nitrogen and oxygen atoms in total. The first kappa shape index (κ1) is 21.2. The first-order chi connectivity index (χ1) is 10.6. The molecule has 6 N–H and O–H groups in total. The zero-order chi connectivity index (χ0) is 18.2. The predicted octanol–water partition coefficient (Wildman–Crippen LogP) is -1.18. The third-order valence-electron chi connectivity index (χ3n) is 3.04. The molecular formula is C13H23N3O6S. The second-order valence-corrected chi connectivity index (χ2v) is 5.72. The van der Waals surface area contributed by atoms with Gasteiger partial charge in [0.05, 0.1) is 6.04 Å². The Labute approximate surface area is 139 Å². The Morgan fingerprint density at radius 1 is 1.09 bits per heavy atom. The van der Waals surface area contributed by atoms with E-state index < -0.39 is 48.3 Å². The van der Waals surface area contributed by atoms with Crippen LogP contribution in [-0.4, -0.2) is 57.8 Å². The van der Waals surface area contributed by atoms with Crippen molar-refractivity contribution < 1.29 is 29.4 Å². The van der Waals surface area contributed by atoms with Crippen LogP contribution in [0, 0.1) is 5.92 Å². The van der Waals surface area contributed by atoms with Crippen LogP contribution in [0.5, 0.6) is 0 Å². The molecule has 0 bridgehead atoms. The fraction of sp³-hybridized carbons (Fsp3) is 0.692. The van der Waals surface area contributed by atoms with Crippen LogP contribution >= 0.6 is 12.6 Å². The molecule has 10 heteroatoms. The molecule has 0 aliphatic carbocycles. The lowest BCUT2D eigenvalue weighted by atomic mass is 10.0. The largest absolute Gasteiger partial charge is 0.481 e. The molecule has 0 rings (SSSR count). The minimum absolute atomic E-state index is 0.0919. The maximum atomic E-state index is 12.2. The molecule has 23 heavy (non-hydrogen) atoms. The molecular weight excluding hydrogens is 326 g/mol. The second-order valence-electron chi connectivity index (χ2n) is 5.35. The number of thiol groups is 1. The highest BCUT2D eigenvalue weighted by molar-refractivity contribution is 7.80. The van der Waals surface area contributed by atoms with Crippen molar-refractivity contribution in [2.45, 2.75) is 44.8 Å². The number of rotatable bonds is 10. The third-order valence-corrected chi connectivity index (χ3v) is 3.44. The average molecular weight is 349 g/mol. The molecule has 0 aromatic heterocycles. The summed E-state index contributed by atoms with van der Waals surface area (Å²) in [6.07, 6.45) is -0.661. The normalized spacial score (nSPS) is 14.7. The molecule has 0 aromatic carbocycles. The molecule has 0 radical (unpaired) electrons. The van der Waals surface area contributed by atoms with Crippen LogP contribution in [0.1, 0.15) is 26.7 Å². The number of nitrogens with two attached hydrogens (primary N) is 1. The van der Waals surface area contributed by atoms with Gasteiger partial charge in [0.2, 0.25) is 11.8 Å². The number of carboxylic acids is 2. The van der Waals surface area contributed by atoms with Crippen molar-refractivity contribution in [3.8, 4) is 0 Å². The highest BCUT2D eigenvalue weighted by atomic mass is 32.1. The summed E-state index contributed by atoms with van der Waals surface area (Å²) in [6, 6.07) is -3.23. The van der Waals surface area contributed by atoms with Gasteiger partial charge in [0.25, 0.3) is 0 Å². The summed E-state index contributed by atoms with van der Waals surface area (Å²) in [5, 5.41) is 22.3. The molecule has 0 fully saturated rings. The molecule has 0 aliphatic heterocycles. The molecule has 0 aromatic rings. The molecule has 0 heterocycles. The fourth-order valence-corrected chi connectivity index (χ4v) is 1.83. The van der Waals surface area contributed by atoms with Crippen molar-refractivity contribution in [2.75, 3.05) is 5.75 Å². The molecule has 0 saturated carbocycles. The van der Waals surface area contributed by atoms with E-state index in [2.05, 4.69) is 23.3 Å². The van der Waals surface area contributed by atoms with Gasteiger partial charge in [0, 0.05) is 12.2 Å². The highest BCUT2D eigenvalue weighted by Crippen LogP contribution is 2.05. The van der Waals surface area contributed by atoms with Crippen LogP contribution in [0.15, 0.2) is 0 Å². The van der Waals surface area contributed by atoms with E-state index in [0.717, 1.165) is 0 Å². The van der Waals surface area contributed by atoms with Gasteiger partial charge in [-0.05, 0) is 12.3 Å². The number of nitrogens with one attached hydrogen (secondary N) is 2. The van der Waals surface area contributed by atoms with Crippen LogP contribution < -0.4 is 16.4 Å². The topological polar surface area (TPSA) is 159 Å². The van der Waals surface area contributed by atoms with E-state index in [0.29, 0.717) is 0 Å². The standard InChI is InChI=1S/C13H23N3O6S/c1-6(2)10(16-11(19)7(14)5-23)12(20)15-8(13(21)22)3-4-9(17)18/h6-8,10,23H,3-5,14H2,1-2H3,(H,15,20)(H,16,19)(H,17,18)(H,21,22)/t7-,8-,10-/m0/s1. The number of amides is 2. The fourth-order valence-electron chi connectivity index (χ4n) is 1.66. The first-order valence-electron chi connectivity index (χ1n) is 7.01. The lowest BCUT2D eigenvalue weighted by Gasteiger charge is -2.25. The number of hydrogen-bond acceptors (Lipinski definition) is 6. The maximum absolute atomic E-state index is 12.2. The van der Waals surface area contributed by atoms with Gasteiger partial charge in [-0.3, -0.25) is 14.4 Å². The Balaban J connectivity index is 4.91. The van der Waals surface area contributed by atoms with Gasteiger partial charge in [-0.1, -0.05) is 13.8 Å². The Morgan fingerprint density at radius 3 is 2.04 bits per heavy atom. The predicted molar refractivity (Wildman–Crippen MR) is 85.0 cm³/mol. The van der Waals surface area contributed by atoms with Gasteiger partial charge < -0.3 is 26.6 Å². The van der Waals surface area contributed by atoms with Gasteiger partial charge in [-0.15, -0.1) is 0 Å². The van der Waals surface area contributed by atoms with Gasteiger partial charge in [0.1, 0.15) is 12.1 Å². The van der Waals surface area contributed by atoms with Crippen molar-refractivity contribution in [1.82, 2.24) is 10.6 Å². The summed E-state index contributed by atoms with van der Waals surface area (Å²) >= 11 is 3.89. The lowest BCUT2D eigenvalue weighted by Crippen LogP contribution is -2.56. The van der Waals surface area contributed by atoms with E-state index in [1.807, 2.05) is 0 Å². The second kappa shape index (κ2) is 10.1. The summed E-state index contributed by atoms with van der Waals surface area (Å²) in [4.78, 5) is 45.6. The van der Waals surface area contributed by atoms with Crippen LogP contribution in [0.2, 0.25) is 0 Å². The maximum Gasteiger partial charge on any atom is 0.326 e. The Morgan fingerprint density at radius 2 is 1.65 bits per heavy atom. The van der Waals surface area contributed by atoms with Crippen LogP contribution in [-0.2, 0) is 19.2 Å². The number of hydrogen-bond donors (Lipinski definition) is 6. The summed E-state index contributed by atoms with van der Waals surface area (Å²) < 4.78 is 0. The number of carbonyl (C=O) groups excluding carboxylic acids is 2. The van der Waals surface area contributed by atoms with Crippen molar-refractivity contribution in [3.05, 3.63) is 0 Å². The molecule has 0 aliphatic rings. The lowest BCUT2D eigenvalue weighted by molar-refractivity contribution is -0.143. The quantitative estimate of drug-likeness (QED) is 0.271. The SMILES string of the molecule is CC(C)[C@H](NC(=O)[C@@H](N)CS)C(=O)N[C@@H](CCC(=O)O)C(=O)O. The smallest absolute Gasteiger partial charge is 0.326 e. The van der Waals surface area contributed by atoms with Crippen molar-refractivity contribution >= 4 is 36.4 Å². The minimum Gasteiger partial charge on any atom is -0.481 e. The van der Waals surface area contributed by atoms with Gasteiger partial charge in [-0.25, -0.2) is 4.79 Å². The zero-order valence-corrected chi connectivity index (χ0v) is 13.9. The number of aliphatic carboxylic acids is 2. The Kier molecular flexibility index (Phi) is 9.27. The number of carboxylic acid groups (broad SMARTS) is 2. The summed E-state index contributed by atoms with van der Waals surface area (Å²) in [5.41, 5.74) is 5.52. The van der Waals surface area contributed by atoms with Crippen molar-refractivity contribution in [3.63, 3.8) is 0 Å². The average Bonchev–Trinajstić information content (AvgIpc) is 2.46. The molecule has 0 saturated heterocycles. The van der Waals surface area contributed by atoms with E-state index in [1.54, 1.807) is 13.8 Å². The van der Waals surface area contributed by atoms with Crippen molar-refractivity contribution in [1.29, 1.82) is 0 Å². The first-order valence-corrected chi connectivity index (χ1v) is 7.65. The summed E-state index contributed by atoms with van der Waals surface area (Å²) in [7, 11) is 0. The van der Waals surface area contributed by atoms with E-state index in [1.165, 1.54) is 0 Å². The Bertz CT molecular complexity index is 457. The van der Waals surface area contributed by atoms with Gasteiger partial charge in [0.15, 0.2) is 0 Å². The third kappa shape index (κ3) is 7.84. The van der Waals surface area contributed by atoms with Gasteiger partial charge in [-0.2, -0.15) is 12.6 Å². The molecule has 132 valence electrons. The van der Waals surface area contributed by atoms with E-state index >= 15 is 0 Å². The molecule has 0 unspecified atom stereocenters. The van der Waals surface area contributed by atoms with Crippen LogP contribution in [0.3, 0.4) is 0 Å². The van der Waals surface area contributed by atoms with Crippen molar-refractivity contribution in [2.24, 2.45) is 11.7 Å². The summed E-state index contributed by atoms with van der Waals surface area (Å²) in [6.45, 7) is 3.34. The molecule has 3 atom stereocenters. The van der Waals surface area contributed by atoms with Crippen LogP contribution in [0.4, 0.5) is 0 Å². The summed E-state index contributed by atoms with van der Waals surface area (Å²) in [5.74, 6) is -4.03. The minimum atomic E-state index is -1.35. The molecule has 2 amide bonds. The van der Waals surface area contributed by atoms with Gasteiger partial charge >= 0.3 is 11.9 Å². The Hall–Kier alpha value is -1.81. The zero-order valence-electron chi connectivity index (χ0n) is 13.0. The molecule has 0 spiro atoms. The van der Waals surface area contributed by atoms with Crippen LogP contribution in [0.25, 0.3) is 0 Å².